The molecule has 238 valence electrons. The quantitative estimate of drug-likeness (QED) is 0.181. The van der Waals surface area contributed by atoms with Crippen LogP contribution in [0.1, 0.15) is 36.1 Å². The summed E-state index contributed by atoms with van der Waals surface area (Å²) in [4.78, 5) is 2.46. The maximum atomic E-state index is 9.24. The zero-order valence-corrected chi connectivity index (χ0v) is 28.1. The van der Waals surface area contributed by atoms with Crippen molar-refractivity contribution in [2.24, 2.45) is 0 Å². The molecule has 7 aromatic carbocycles. The lowest BCUT2D eigenvalue weighted by Gasteiger charge is -2.28. The molecule has 8 aromatic rings. The maximum Gasteiger partial charge on any atom is 0.0991 e. The summed E-state index contributed by atoms with van der Waals surface area (Å²) in [6.45, 7) is 5.40. The SMILES string of the molecule is CC1(C)c2ccccc2-c2ccc(N(Cc3ccc(-c4ccc(C#N)cc4)cc3)c3ccc4c(c3)c3ccccc3n4-c3ccccc3)cc21. The van der Waals surface area contributed by atoms with Gasteiger partial charge in [-0.2, -0.15) is 5.26 Å². The van der Waals surface area contributed by atoms with Crippen LogP contribution in [0.3, 0.4) is 0 Å². The van der Waals surface area contributed by atoms with Crippen molar-refractivity contribution in [2.75, 3.05) is 4.90 Å². The summed E-state index contributed by atoms with van der Waals surface area (Å²) >= 11 is 0. The van der Waals surface area contributed by atoms with Crippen LogP contribution in [0.5, 0.6) is 0 Å². The van der Waals surface area contributed by atoms with Crippen LogP contribution in [0.25, 0.3) is 49.7 Å². The predicted molar refractivity (Wildman–Crippen MR) is 207 cm³/mol. The molecule has 0 unspecified atom stereocenters. The second-order valence-electron chi connectivity index (χ2n) is 13.8. The topological polar surface area (TPSA) is 32.0 Å². The maximum absolute atomic E-state index is 9.24. The van der Waals surface area contributed by atoms with E-state index in [2.05, 4.69) is 169 Å². The van der Waals surface area contributed by atoms with Crippen LogP contribution in [-0.2, 0) is 12.0 Å². The Kier molecular flexibility index (Phi) is 6.93. The lowest BCUT2D eigenvalue weighted by molar-refractivity contribution is 0.660. The minimum Gasteiger partial charge on any atom is -0.337 e. The van der Waals surface area contributed by atoms with E-state index in [0.717, 1.165) is 22.5 Å². The van der Waals surface area contributed by atoms with Gasteiger partial charge in [-0.05, 0) is 99.6 Å². The molecule has 0 spiro atoms. The summed E-state index contributed by atoms with van der Waals surface area (Å²) in [5.41, 5.74) is 15.3. The molecule has 0 fully saturated rings. The van der Waals surface area contributed by atoms with E-state index >= 15 is 0 Å². The van der Waals surface area contributed by atoms with E-state index in [-0.39, 0.29) is 5.41 Å². The van der Waals surface area contributed by atoms with E-state index in [0.29, 0.717) is 12.1 Å². The van der Waals surface area contributed by atoms with Crippen LogP contribution in [0.15, 0.2) is 164 Å². The number of anilines is 2. The minimum absolute atomic E-state index is 0.0938. The highest BCUT2D eigenvalue weighted by Gasteiger charge is 2.35. The third-order valence-electron chi connectivity index (χ3n) is 10.5. The first kappa shape index (κ1) is 29.7. The zero-order valence-electron chi connectivity index (χ0n) is 28.1. The summed E-state index contributed by atoms with van der Waals surface area (Å²) in [6, 6.07) is 61.0. The molecular weight excluding hydrogens is 607 g/mol. The highest BCUT2D eigenvalue weighted by molar-refractivity contribution is 6.10. The van der Waals surface area contributed by atoms with Crippen molar-refractivity contribution >= 4 is 33.2 Å². The molecule has 0 aliphatic heterocycles. The lowest BCUT2D eigenvalue weighted by Crippen LogP contribution is -2.19. The normalized spacial score (nSPS) is 12.8. The fourth-order valence-corrected chi connectivity index (χ4v) is 7.90. The second kappa shape index (κ2) is 11.7. The molecule has 1 aliphatic carbocycles. The van der Waals surface area contributed by atoms with Gasteiger partial charge in [0.1, 0.15) is 0 Å². The fourth-order valence-electron chi connectivity index (χ4n) is 7.90. The second-order valence-corrected chi connectivity index (χ2v) is 13.8. The molecule has 1 heterocycles. The van der Waals surface area contributed by atoms with Gasteiger partial charge in [0, 0.05) is 39.8 Å². The van der Waals surface area contributed by atoms with E-state index in [4.69, 9.17) is 0 Å². The van der Waals surface area contributed by atoms with Crippen LogP contribution in [0, 0.1) is 11.3 Å². The Morgan fingerprint density at radius 3 is 1.96 bits per heavy atom. The fraction of sp³-hybridized carbons (Fsp3) is 0.0851. The third-order valence-corrected chi connectivity index (χ3v) is 10.5. The molecule has 0 amide bonds. The van der Waals surface area contributed by atoms with E-state index < -0.39 is 0 Å². The first-order valence-electron chi connectivity index (χ1n) is 17.2. The Bertz CT molecular complexity index is 2580. The van der Waals surface area contributed by atoms with Gasteiger partial charge in [0.05, 0.1) is 22.7 Å². The highest BCUT2D eigenvalue weighted by Crippen LogP contribution is 2.50. The Morgan fingerprint density at radius 2 is 1.18 bits per heavy atom. The Balaban J connectivity index is 1.18. The Morgan fingerprint density at radius 1 is 0.560 bits per heavy atom. The summed E-state index contributed by atoms with van der Waals surface area (Å²) in [5, 5.41) is 11.7. The molecule has 3 heteroatoms. The smallest absolute Gasteiger partial charge is 0.0991 e. The van der Waals surface area contributed by atoms with Crippen molar-refractivity contribution in [3.8, 4) is 34.0 Å². The highest BCUT2D eigenvalue weighted by atomic mass is 15.1. The number of hydrogen-bond acceptors (Lipinski definition) is 2. The molecule has 0 atom stereocenters. The van der Waals surface area contributed by atoms with E-state index in [1.165, 1.54) is 55.3 Å². The zero-order chi connectivity index (χ0) is 33.8. The molecule has 3 nitrogen and oxygen atoms in total. The summed E-state index contributed by atoms with van der Waals surface area (Å²) < 4.78 is 2.37. The number of para-hydroxylation sites is 2. The van der Waals surface area contributed by atoms with Gasteiger partial charge in [-0.1, -0.05) is 117 Å². The average Bonchev–Trinajstić information content (AvgIpc) is 3.62. The number of rotatable bonds is 6. The van der Waals surface area contributed by atoms with Gasteiger partial charge >= 0.3 is 0 Å². The van der Waals surface area contributed by atoms with Crippen LogP contribution < -0.4 is 4.90 Å². The van der Waals surface area contributed by atoms with Gasteiger partial charge in [-0.15, -0.1) is 0 Å². The number of hydrogen-bond donors (Lipinski definition) is 0. The summed E-state index contributed by atoms with van der Waals surface area (Å²) in [6.07, 6.45) is 0. The van der Waals surface area contributed by atoms with Gasteiger partial charge in [0.25, 0.3) is 0 Å². The number of aromatic nitrogens is 1. The van der Waals surface area contributed by atoms with Crippen molar-refractivity contribution in [1.29, 1.82) is 5.26 Å². The third kappa shape index (κ3) is 4.80. The molecule has 0 saturated heterocycles. The molecular formula is C47H35N3. The van der Waals surface area contributed by atoms with E-state index in [1.54, 1.807) is 0 Å². The molecule has 0 saturated carbocycles. The average molecular weight is 642 g/mol. The first-order chi connectivity index (χ1) is 24.5. The van der Waals surface area contributed by atoms with Gasteiger partial charge in [0.15, 0.2) is 0 Å². The number of nitrogens with zero attached hydrogens (tertiary/aromatic N) is 3. The van der Waals surface area contributed by atoms with Gasteiger partial charge in [-0.3, -0.25) is 0 Å². The lowest BCUT2D eigenvalue weighted by atomic mass is 9.82. The number of nitriles is 1. The van der Waals surface area contributed by atoms with E-state index in [1.807, 2.05) is 24.3 Å². The van der Waals surface area contributed by atoms with Gasteiger partial charge in [-0.25, -0.2) is 0 Å². The molecule has 1 aromatic heterocycles. The Labute approximate surface area is 292 Å². The summed E-state index contributed by atoms with van der Waals surface area (Å²) in [5.74, 6) is 0. The van der Waals surface area contributed by atoms with Gasteiger partial charge < -0.3 is 9.47 Å². The minimum atomic E-state index is -0.0938. The van der Waals surface area contributed by atoms with Crippen molar-refractivity contribution in [3.05, 3.63) is 186 Å². The number of benzene rings is 7. The number of fused-ring (bicyclic) bond motifs is 6. The molecule has 0 bridgehead atoms. The molecule has 0 N–H and O–H groups in total. The molecule has 50 heavy (non-hydrogen) atoms. The summed E-state index contributed by atoms with van der Waals surface area (Å²) in [7, 11) is 0. The van der Waals surface area contributed by atoms with Crippen LogP contribution in [-0.4, -0.2) is 4.57 Å². The monoisotopic (exact) mass is 641 g/mol. The Hall–Kier alpha value is -6.37. The molecule has 9 rings (SSSR count). The predicted octanol–water partition coefficient (Wildman–Crippen LogP) is 12.0. The van der Waals surface area contributed by atoms with Gasteiger partial charge in [0.2, 0.25) is 0 Å². The largest absolute Gasteiger partial charge is 0.337 e. The molecule has 1 aliphatic rings. The van der Waals surface area contributed by atoms with Crippen molar-refractivity contribution in [1.82, 2.24) is 4.57 Å². The van der Waals surface area contributed by atoms with Crippen molar-refractivity contribution < 1.29 is 0 Å². The van der Waals surface area contributed by atoms with E-state index in [9.17, 15) is 5.26 Å². The van der Waals surface area contributed by atoms with Crippen molar-refractivity contribution in [3.63, 3.8) is 0 Å². The van der Waals surface area contributed by atoms with Crippen LogP contribution >= 0.6 is 0 Å². The first-order valence-corrected chi connectivity index (χ1v) is 17.2. The standard InChI is InChI=1S/C47H35N3/c1-47(2)43-14-8-6-12-39(43)40-26-24-38(29-44(40)47)49(31-33-18-22-35(23-19-33)34-20-16-32(30-48)17-21-34)37-25-27-46-42(28-37)41-13-7-9-15-45(41)50(46)36-10-4-3-5-11-36/h3-29H,31H2,1-2H3. The van der Waals surface area contributed by atoms with Crippen LogP contribution in [0.4, 0.5) is 11.4 Å². The van der Waals surface area contributed by atoms with Crippen molar-refractivity contribution in [2.45, 2.75) is 25.8 Å². The molecule has 0 radical (unpaired) electrons. The van der Waals surface area contributed by atoms with Crippen LogP contribution in [0.2, 0.25) is 0 Å².